The molecule has 0 saturated carbocycles. The topological polar surface area (TPSA) is 39.1 Å². The van der Waals surface area contributed by atoms with E-state index in [0.717, 1.165) is 31.2 Å². The second-order valence-electron chi connectivity index (χ2n) is 4.43. The van der Waals surface area contributed by atoms with Crippen molar-refractivity contribution in [1.82, 2.24) is 9.55 Å². The largest absolute Gasteiger partial charge is 0.383 e. The molecule has 1 heterocycles. The smallest absolute Gasteiger partial charge is 0.203 e. The van der Waals surface area contributed by atoms with E-state index in [0.29, 0.717) is 6.04 Å². The molecular weight excluding hydrogens is 214 g/mol. The molecule has 1 N–H and O–H groups in total. The third kappa shape index (κ3) is 4.38. The number of hydrogen-bond acceptors (Lipinski definition) is 3. The predicted molar refractivity (Wildman–Crippen MR) is 71.4 cm³/mol. The fraction of sp³-hybridized carbons (Fsp3) is 0.769. The van der Waals surface area contributed by atoms with Gasteiger partial charge in [-0.05, 0) is 19.8 Å². The van der Waals surface area contributed by atoms with E-state index in [-0.39, 0.29) is 0 Å². The van der Waals surface area contributed by atoms with Crippen molar-refractivity contribution in [2.45, 2.75) is 52.6 Å². The van der Waals surface area contributed by atoms with Crippen LogP contribution >= 0.6 is 0 Å². The van der Waals surface area contributed by atoms with E-state index in [1.165, 1.54) is 12.8 Å². The van der Waals surface area contributed by atoms with Crippen LogP contribution in [0.5, 0.6) is 0 Å². The summed E-state index contributed by atoms with van der Waals surface area (Å²) in [6.07, 6.45) is 5.58. The molecule has 98 valence electrons. The van der Waals surface area contributed by atoms with E-state index < -0.39 is 0 Å². The Hall–Kier alpha value is -1.03. The zero-order valence-corrected chi connectivity index (χ0v) is 11.5. The van der Waals surface area contributed by atoms with E-state index in [1.807, 2.05) is 6.92 Å². The maximum atomic E-state index is 5.11. The van der Waals surface area contributed by atoms with E-state index in [1.54, 1.807) is 7.11 Å². The second kappa shape index (κ2) is 7.33. The quantitative estimate of drug-likeness (QED) is 0.758. The SMILES string of the molecule is CCCC(CC)Nc1nc(C)cn1CCOC. The van der Waals surface area contributed by atoms with Gasteiger partial charge in [-0.1, -0.05) is 20.3 Å². The number of methoxy groups -OCH3 is 1. The molecule has 0 saturated heterocycles. The molecule has 1 aromatic heterocycles. The molecule has 1 aromatic rings. The molecule has 0 amide bonds. The summed E-state index contributed by atoms with van der Waals surface area (Å²) in [6.45, 7) is 8.02. The first-order valence-electron chi connectivity index (χ1n) is 6.50. The Balaban J connectivity index is 2.67. The Kier molecular flexibility index (Phi) is 6.05. The van der Waals surface area contributed by atoms with Gasteiger partial charge in [-0.25, -0.2) is 4.98 Å². The van der Waals surface area contributed by atoms with Gasteiger partial charge in [0.15, 0.2) is 0 Å². The van der Waals surface area contributed by atoms with E-state index in [2.05, 4.69) is 34.9 Å². The first-order valence-corrected chi connectivity index (χ1v) is 6.50. The predicted octanol–water partition coefficient (Wildman–Crippen LogP) is 2.83. The first-order chi connectivity index (χ1) is 8.21. The molecule has 4 heteroatoms. The molecule has 0 bridgehead atoms. The minimum atomic E-state index is 0.517. The molecule has 0 aliphatic heterocycles. The Morgan fingerprint density at radius 2 is 2.24 bits per heavy atom. The van der Waals surface area contributed by atoms with E-state index in [4.69, 9.17) is 4.74 Å². The molecule has 0 fully saturated rings. The number of hydrogen-bond donors (Lipinski definition) is 1. The minimum Gasteiger partial charge on any atom is -0.383 e. The monoisotopic (exact) mass is 239 g/mol. The second-order valence-corrected chi connectivity index (χ2v) is 4.43. The summed E-state index contributed by atoms with van der Waals surface area (Å²) < 4.78 is 7.25. The van der Waals surface area contributed by atoms with Gasteiger partial charge in [-0.3, -0.25) is 0 Å². The lowest BCUT2D eigenvalue weighted by molar-refractivity contribution is 0.187. The summed E-state index contributed by atoms with van der Waals surface area (Å²) in [7, 11) is 1.73. The fourth-order valence-electron chi connectivity index (χ4n) is 1.93. The van der Waals surface area contributed by atoms with Gasteiger partial charge in [-0.15, -0.1) is 0 Å². The number of rotatable bonds is 8. The summed E-state index contributed by atoms with van der Waals surface area (Å²) in [5.74, 6) is 0.972. The van der Waals surface area contributed by atoms with Crippen LogP contribution in [0.1, 0.15) is 38.8 Å². The number of nitrogens with zero attached hydrogens (tertiary/aromatic N) is 2. The van der Waals surface area contributed by atoms with Gasteiger partial charge < -0.3 is 14.6 Å². The zero-order valence-electron chi connectivity index (χ0n) is 11.5. The van der Waals surface area contributed by atoms with Crippen molar-refractivity contribution in [3.8, 4) is 0 Å². The summed E-state index contributed by atoms with van der Waals surface area (Å²) >= 11 is 0. The van der Waals surface area contributed by atoms with Crippen LogP contribution in [0.3, 0.4) is 0 Å². The van der Waals surface area contributed by atoms with Crippen LogP contribution in [-0.2, 0) is 11.3 Å². The number of anilines is 1. The van der Waals surface area contributed by atoms with Crippen LogP contribution in [0.4, 0.5) is 5.95 Å². The van der Waals surface area contributed by atoms with Crippen molar-refractivity contribution in [2.75, 3.05) is 19.0 Å². The van der Waals surface area contributed by atoms with Crippen molar-refractivity contribution < 1.29 is 4.74 Å². The highest BCUT2D eigenvalue weighted by molar-refractivity contribution is 5.30. The highest BCUT2D eigenvalue weighted by Gasteiger charge is 2.10. The molecule has 4 nitrogen and oxygen atoms in total. The molecular formula is C13H25N3O. The first kappa shape index (κ1) is 14.0. The van der Waals surface area contributed by atoms with Gasteiger partial charge in [0.05, 0.1) is 12.3 Å². The minimum absolute atomic E-state index is 0.517. The molecule has 0 aliphatic rings. The van der Waals surface area contributed by atoms with Crippen LogP contribution in [0.25, 0.3) is 0 Å². The number of aryl methyl sites for hydroxylation is 1. The van der Waals surface area contributed by atoms with Crippen LogP contribution in [0, 0.1) is 6.92 Å². The molecule has 1 rings (SSSR count). The third-order valence-corrected chi connectivity index (χ3v) is 2.90. The Morgan fingerprint density at radius 3 is 2.82 bits per heavy atom. The molecule has 0 spiro atoms. The number of aromatic nitrogens is 2. The fourth-order valence-corrected chi connectivity index (χ4v) is 1.93. The summed E-state index contributed by atoms with van der Waals surface area (Å²) in [5, 5.41) is 3.52. The number of imidazole rings is 1. The normalized spacial score (nSPS) is 12.7. The molecule has 1 atom stereocenters. The van der Waals surface area contributed by atoms with Crippen molar-refractivity contribution >= 4 is 5.95 Å². The van der Waals surface area contributed by atoms with Crippen LogP contribution in [0.15, 0.2) is 6.20 Å². The van der Waals surface area contributed by atoms with Crippen molar-refractivity contribution in [3.63, 3.8) is 0 Å². The average molecular weight is 239 g/mol. The van der Waals surface area contributed by atoms with Crippen molar-refractivity contribution in [3.05, 3.63) is 11.9 Å². The summed E-state index contributed by atoms with van der Waals surface area (Å²) in [6, 6.07) is 0.517. The van der Waals surface area contributed by atoms with Crippen molar-refractivity contribution in [2.24, 2.45) is 0 Å². The van der Waals surface area contributed by atoms with E-state index in [9.17, 15) is 0 Å². The number of ether oxygens (including phenoxy) is 1. The van der Waals surface area contributed by atoms with E-state index >= 15 is 0 Å². The standard InChI is InChI=1S/C13H25N3O/c1-5-7-12(6-2)15-13-14-11(3)10-16(13)8-9-17-4/h10,12H,5-9H2,1-4H3,(H,14,15). The molecule has 0 aromatic carbocycles. The van der Waals surface area contributed by atoms with Crippen LogP contribution < -0.4 is 5.32 Å². The van der Waals surface area contributed by atoms with Gasteiger partial charge in [0.25, 0.3) is 0 Å². The van der Waals surface area contributed by atoms with Gasteiger partial charge in [0.2, 0.25) is 5.95 Å². The lowest BCUT2D eigenvalue weighted by atomic mass is 10.1. The highest BCUT2D eigenvalue weighted by Crippen LogP contribution is 2.13. The molecule has 0 radical (unpaired) electrons. The van der Waals surface area contributed by atoms with Gasteiger partial charge in [0, 0.05) is 25.9 Å². The third-order valence-electron chi connectivity index (χ3n) is 2.90. The zero-order chi connectivity index (χ0) is 12.7. The molecule has 17 heavy (non-hydrogen) atoms. The molecule has 0 aliphatic carbocycles. The Bertz CT molecular complexity index is 322. The lowest BCUT2D eigenvalue weighted by Gasteiger charge is -2.17. The van der Waals surface area contributed by atoms with Gasteiger partial charge in [-0.2, -0.15) is 0 Å². The Morgan fingerprint density at radius 1 is 1.47 bits per heavy atom. The lowest BCUT2D eigenvalue weighted by Crippen LogP contribution is -2.21. The maximum Gasteiger partial charge on any atom is 0.203 e. The maximum absolute atomic E-state index is 5.11. The summed E-state index contributed by atoms with van der Waals surface area (Å²) in [5.41, 5.74) is 1.05. The highest BCUT2D eigenvalue weighted by atomic mass is 16.5. The molecule has 1 unspecified atom stereocenters. The average Bonchev–Trinajstić information content (AvgIpc) is 2.66. The Labute approximate surface area is 104 Å². The van der Waals surface area contributed by atoms with Crippen LogP contribution in [0.2, 0.25) is 0 Å². The summed E-state index contributed by atoms with van der Waals surface area (Å²) in [4.78, 5) is 4.53. The number of nitrogens with one attached hydrogen (secondary N) is 1. The van der Waals surface area contributed by atoms with Crippen LogP contribution in [-0.4, -0.2) is 29.3 Å². The van der Waals surface area contributed by atoms with Gasteiger partial charge in [0.1, 0.15) is 0 Å². The van der Waals surface area contributed by atoms with Gasteiger partial charge >= 0.3 is 0 Å². The van der Waals surface area contributed by atoms with Crippen molar-refractivity contribution in [1.29, 1.82) is 0 Å².